The highest BCUT2D eigenvalue weighted by atomic mass is 19.4. The topological polar surface area (TPSA) is 73.6 Å². The molecule has 19 heavy (non-hydrogen) atoms. The summed E-state index contributed by atoms with van der Waals surface area (Å²) >= 11 is 0. The van der Waals surface area contributed by atoms with Gasteiger partial charge >= 0.3 is 12.2 Å². The first-order valence-electron chi connectivity index (χ1n) is 5.53. The SMILES string of the molecule is O=c1nc2n(cc1C(F)(F)F)[C@H]1C[C@H](O2)[C@@H](CO)O1. The predicted molar refractivity (Wildman–Crippen MR) is 53.5 cm³/mol. The van der Waals surface area contributed by atoms with Gasteiger partial charge in [0.05, 0.1) is 6.61 Å². The molecule has 2 bridgehead atoms. The molecule has 3 rings (SSSR count). The van der Waals surface area contributed by atoms with Crippen molar-refractivity contribution < 1.29 is 27.8 Å². The van der Waals surface area contributed by atoms with Crippen LogP contribution >= 0.6 is 0 Å². The first-order valence-corrected chi connectivity index (χ1v) is 5.53. The van der Waals surface area contributed by atoms with Crippen molar-refractivity contribution >= 4 is 0 Å². The molecule has 0 aliphatic carbocycles. The first-order chi connectivity index (χ1) is 8.90. The van der Waals surface area contributed by atoms with Crippen LogP contribution < -0.4 is 10.3 Å². The summed E-state index contributed by atoms with van der Waals surface area (Å²) in [6, 6.07) is -0.213. The molecule has 3 atom stereocenters. The molecule has 1 N–H and O–H groups in total. The first kappa shape index (κ1) is 12.4. The zero-order valence-corrected chi connectivity index (χ0v) is 9.42. The highest BCUT2D eigenvalue weighted by molar-refractivity contribution is 5.16. The summed E-state index contributed by atoms with van der Waals surface area (Å²) in [5, 5.41) is 9.05. The predicted octanol–water partition coefficient (Wildman–Crippen LogP) is 0.303. The van der Waals surface area contributed by atoms with Gasteiger partial charge in [0.25, 0.3) is 5.56 Å². The van der Waals surface area contributed by atoms with Crippen molar-refractivity contribution in [2.45, 2.75) is 31.0 Å². The van der Waals surface area contributed by atoms with Crippen LogP contribution in [0.25, 0.3) is 0 Å². The number of aromatic nitrogens is 2. The van der Waals surface area contributed by atoms with E-state index >= 15 is 0 Å². The number of nitrogens with zero attached hydrogens (tertiary/aromatic N) is 2. The number of halogens is 3. The lowest BCUT2D eigenvalue weighted by Gasteiger charge is -2.24. The van der Waals surface area contributed by atoms with Gasteiger partial charge < -0.3 is 14.6 Å². The van der Waals surface area contributed by atoms with Gasteiger partial charge in [0, 0.05) is 12.6 Å². The van der Waals surface area contributed by atoms with Crippen molar-refractivity contribution in [3.8, 4) is 6.01 Å². The van der Waals surface area contributed by atoms with Crippen LogP contribution in [0.1, 0.15) is 18.2 Å². The second-order valence-electron chi connectivity index (χ2n) is 4.35. The molecule has 2 aliphatic heterocycles. The zero-order chi connectivity index (χ0) is 13.8. The molecule has 9 heteroatoms. The summed E-state index contributed by atoms with van der Waals surface area (Å²) in [6.45, 7) is -0.313. The highest BCUT2D eigenvalue weighted by Crippen LogP contribution is 2.38. The molecule has 0 amide bonds. The lowest BCUT2D eigenvalue weighted by Crippen LogP contribution is -2.34. The average Bonchev–Trinajstić information content (AvgIpc) is 2.65. The molecule has 0 radical (unpaired) electrons. The van der Waals surface area contributed by atoms with Crippen LogP contribution in [0.4, 0.5) is 13.2 Å². The van der Waals surface area contributed by atoms with E-state index in [-0.39, 0.29) is 12.6 Å². The van der Waals surface area contributed by atoms with E-state index in [0.717, 1.165) is 4.57 Å². The summed E-state index contributed by atoms with van der Waals surface area (Å²) in [7, 11) is 0. The Kier molecular flexibility index (Phi) is 2.58. The molecule has 1 aromatic rings. The van der Waals surface area contributed by atoms with E-state index in [2.05, 4.69) is 4.98 Å². The van der Waals surface area contributed by atoms with Gasteiger partial charge in [0.2, 0.25) is 0 Å². The van der Waals surface area contributed by atoms with E-state index in [1.54, 1.807) is 0 Å². The fourth-order valence-electron chi connectivity index (χ4n) is 2.24. The fraction of sp³-hybridized carbons (Fsp3) is 0.600. The van der Waals surface area contributed by atoms with Crippen LogP contribution in [0.2, 0.25) is 0 Å². The second kappa shape index (κ2) is 3.94. The number of aliphatic hydroxyl groups excluding tert-OH is 1. The van der Waals surface area contributed by atoms with Gasteiger partial charge in [-0.05, 0) is 0 Å². The Balaban J connectivity index is 2.07. The Morgan fingerprint density at radius 2 is 2.26 bits per heavy atom. The van der Waals surface area contributed by atoms with Crippen LogP contribution in [-0.4, -0.2) is 33.5 Å². The van der Waals surface area contributed by atoms with Crippen LogP contribution in [0.5, 0.6) is 6.01 Å². The third-order valence-corrected chi connectivity index (χ3v) is 3.15. The number of fused-ring (bicyclic) bond motifs is 4. The number of hydrogen-bond donors (Lipinski definition) is 1. The Labute approximate surface area is 104 Å². The van der Waals surface area contributed by atoms with Crippen molar-refractivity contribution in [2.24, 2.45) is 0 Å². The molecule has 0 saturated carbocycles. The largest absolute Gasteiger partial charge is 0.458 e. The van der Waals surface area contributed by atoms with Gasteiger partial charge in [-0.1, -0.05) is 0 Å². The number of ether oxygens (including phenoxy) is 2. The minimum absolute atomic E-state index is 0.213. The Morgan fingerprint density at radius 1 is 1.53 bits per heavy atom. The van der Waals surface area contributed by atoms with Crippen molar-refractivity contribution in [1.82, 2.24) is 9.55 Å². The normalized spacial score (nSPS) is 28.9. The monoisotopic (exact) mass is 278 g/mol. The standard InChI is InChI=1S/C10H9F3N2O4/c11-10(12,13)4-2-15-7-1-5(6(3-16)18-7)19-9(15)14-8(4)17/h2,5-7,16H,1,3H2/t5-,6+,7+/m0/s1. The van der Waals surface area contributed by atoms with Crippen LogP contribution in [0.15, 0.2) is 11.0 Å². The third-order valence-electron chi connectivity index (χ3n) is 3.15. The van der Waals surface area contributed by atoms with Gasteiger partial charge in [-0.2, -0.15) is 18.2 Å². The van der Waals surface area contributed by atoms with E-state index in [1.807, 2.05) is 0 Å². The summed E-state index contributed by atoms with van der Waals surface area (Å²) < 4.78 is 49.5. The number of aliphatic hydroxyl groups is 1. The number of hydrogen-bond acceptors (Lipinski definition) is 5. The van der Waals surface area contributed by atoms with Gasteiger partial charge in [-0.3, -0.25) is 9.36 Å². The summed E-state index contributed by atoms with van der Waals surface area (Å²) in [4.78, 5) is 14.6. The molecule has 0 unspecified atom stereocenters. The minimum atomic E-state index is -4.78. The molecule has 6 nitrogen and oxygen atoms in total. The van der Waals surface area contributed by atoms with Crippen molar-refractivity contribution in [1.29, 1.82) is 0 Å². The average molecular weight is 278 g/mol. The molecule has 1 aromatic heterocycles. The van der Waals surface area contributed by atoms with Crippen molar-refractivity contribution in [3.05, 3.63) is 22.1 Å². The molecule has 2 aliphatic rings. The van der Waals surface area contributed by atoms with Crippen LogP contribution in [-0.2, 0) is 10.9 Å². The molecule has 1 saturated heterocycles. The van der Waals surface area contributed by atoms with E-state index in [9.17, 15) is 18.0 Å². The smallest absolute Gasteiger partial charge is 0.423 e. The summed E-state index contributed by atoms with van der Waals surface area (Å²) in [5.41, 5.74) is -2.75. The van der Waals surface area contributed by atoms with E-state index in [4.69, 9.17) is 14.6 Å². The summed E-state index contributed by atoms with van der Waals surface area (Å²) in [6.07, 6.45) is -5.67. The van der Waals surface area contributed by atoms with E-state index < -0.39 is 35.7 Å². The second-order valence-corrected chi connectivity index (χ2v) is 4.35. The lowest BCUT2D eigenvalue weighted by atomic mass is 10.1. The van der Waals surface area contributed by atoms with Crippen molar-refractivity contribution in [2.75, 3.05) is 6.61 Å². The molecule has 0 spiro atoms. The van der Waals surface area contributed by atoms with Gasteiger partial charge in [0.15, 0.2) is 0 Å². The fourth-order valence-corrected chi connectivity index (χ4v) is 2.24. The van der Waals surface area contributed by atoms with E-state index in [0.29, 0.717) is 12.6 Å². The molecule has 3 heterocycles. The molecule has 104 valence electrons. The minimum Gasteiger partial charge on any atom is -0.458 e. The van der Waals surface area contributed by atoms with Crippen molar-refractivity contribution in [3.63, 3.8) is 0 Å². The molecule has 1 fully saturated rings. The maximum atomic E-state index is 12.6. The Hall–Kier alpha value is -1.61. The van der Waals surface area contributed by atoms with Gasteiger partial charge in [-0.15, -0.1) is 0 Å². The summed E-state index contributed by atoms with van der Waals surface area (Å²) in [5.74, 6) is 0. The zero-order valence-electron chi connectivity index (χ0n) is 9.42. The third kappa shape index (κ3) is 1.89. The molecular weight excluding hydrogens is 269 g/mol. The quantitative estimate of drug-likeness (QED) is 0.800. The maximum Gasteiger partial charge on any atom is 0.423 e. The van der Waals surface area contributed by atoms with Gasteiger partial charge in [0.1, 0.15) is 24.0 Å². The molecule has 0 aromatic carbocycles. The van der Waals surface area contributed by atoms with Gasteiger partial charge in [-0.25, -0.2) is 0 Å². The van der Waals surface area contributed by atoms with Crippen LogP contribution in [0.3, 0.4) is 0 Å². The number of alkyl halides is 3. The maximum absolute atomic E-state index is 12.6. The Bertz CT molecular complexity index is 571. The van der Waals surface area contributed by atoms with Crippen LogP contribution in [0, 0.1) is 0 Å². The lowest BCUT2D eigenvalue weighted by molar-refractivity contribution is -0.139. The van der Waals surface area contributed by atoms with E-state index in [1.165, 1.54) is 0 Å². The molecular formula is C10H9F3N2O4. The highest BCUT2D eigenvalue weighted by Gasteiger charge is 2.44. The number of rotatable bonds is 1. The Morgan fingerprint density at radius 3 is 2.89 bits per heavy atom.